The number of hydrogen-bond acceptors (Lipinski definition) is 4. The molecule has 2 aromatic rings. The van der Waals surface area contributed by atoms with Crippen LogP contribution < -0.4 is 0 Å². The number of esters is 1. The van der Waals surface area contributed by atoms with Crippen LogP contribution in [0.1, 0.15) is 27.5 Å². The lowest BCUT2D eigenvalue weighted by Gasteiger charge is -2.26. The molecular formula is C17H13BrFNO4. The van der Waals surface area contributed by atoms with Crippen molar-refractivity contribution in [1.29, 1.82) is 0 Å². The Balaban J connectivity index is 2.07. The van der Waals surface area contributed by atoms with Gasteiger partial charge in [-0.25, -0.2) is 9.18 Å². The third-order valence-corrected chi connectivity index (χ3v) is 4.42. The largest absolute Gasteiger partial charge is 0.508 e. The van der Waals surface area contributed by atoms with Crippen LogP contribution in [0, 0.1) is 5.82 Å². The highest BCUT2D eigenvalue weighted by molar-refractivity contribution is 9.10. The van der Waals surface area contributed by atoms with E-state index in [-0.39, 0.29) is 23.8 Å². The number of ether oxygens (including phenoxy) is 1. The van der Waals surface area contributed by atoms with Crippen LogP contribution >= 0.6 is 15.9 Å². The van der Waals surface area contributed by atoms with E-state index in [1.165, 1.54) is 12.0 Å². The minimum Gasteiger partial charge on any atom is -0.508 e. The molecule has 2 aromatic carbocycles. The summed E-state index contributed by atoms with van der Waals surface area (Å²) in [5, 5.41) is 10.0. The number of benzene rings is 2. The molecule has 0 saturated heterocycles. The first-order valence-electron chi connectivity index (χ1n) is 7.08. The fraction of sp³-hybridized carbons (Fsp3) is 0.176. The maximum Gasteiger partial charge on any atom is 0.333 e. The first-order valence-corrected chi connectivity index (χ1v) is 7.87. The number of carbonyl (C=O) groups excluding carboxylic acids is 2. The van der Waals surface area contributed by atoms with Crippen molar-refractivity contribution in [3.8, 4) is 5.75 Å². The van der Waals surface area contributed by atoms with Crippen LogP contribution in [0.15, 0.2) is 40.9 Å². The van der Waals surface area contributed by atoms with Gasteiger partial charge in [0.1, 0.15) is 11.6 Å². The number of aromatic hydroxyl groups is 1. The zero-order chi connectivity index (χ0) is 17.4. The van der Waals surface area contributed by atoms with Gasteiger partial charge in [-0.1, -0.05) is 22.0 Å². The molecule has 3 rings (SSSR count). The smallest absolute Gasteiger partial charge is 0.333 e. The molecule has 5 nitrogen and oxygen atoms in total. The Morgan fingerprint density at radius 2 is 2.08 bits per heavy atom. The number of nitrogens with zero attached hydrogens (tertiary/aromatic N) is 1. The van der Waals surface area contributed by atoms with E-state index in [4.69, 9.17) is 4.74 Å². The lowest BCUT2D eigenvalue weighted by molar-refractivity contribution is -0.146. The van der Waals surface area contributed by atoms with E-state index in [1.807, 2.05) is 0 Å². The predicted molar refractivity (Wildman–Crippen MR) is 86.8 cm³/mol. The molecule has 1 aliphatic rings. The monoisotopic (exact) mass is 393 g/mol. The van der Waals surface area contributed by atoms with E-state index >= 15 is 0 Å². The standard InChI is InChI=1S/C17H13BrFNO4/c1-24-17(23)15(13-7-11(19)4-5-14(13)21)20-8-9-2-3-10(18)6-12(9)16(20)22/h2-7,15,21H,8H2,1H3/t15-/m1/s1. The number of halogens is 2. The maximum atomic E-state index is 13.6. The SMILES string of the molecule is COC(=O)[C@@H](c1cc(F)ccc1O)N1Cc2ccc(Br)cc2C1=O. The Morgan fingerprint density at radius 3 is 2.79 bits per heavy atom. The third-order valence-electron chi connectivity index (χ3n) is 3.92. The fourth-order valence-corrected chi connectivity index (χ4v) is 3.14. The number of methoxy groups -OCH3 is 1. The molecule has 0 fully saturated rings. The van der Waals surface area contributed by atoms with Crippen LogP contribution in [0.3, 0.4) is 0 Å². The number of fused-ring (bicyclic) bond motifs is 1. The second kappa shape index (κ2) is 6.24. The van der Waals surface area contributed by atoms with Crippen LogP contribution in [0.2, 0.25) is 0 Å². The number of amides is 1. The van der Waals surface area contributed by atoms with Gasteiger partial charge in [-0.15, -0.1) is 0 Å². The maximum absolute atomic E-state index is 13.6. The van der Waals surface area contributed by atoms with Gasteiger partial charge in [0.15, 0.2) is 6.04 Å². The fourth-order valence-electron chi connectivity index (χ4n) is 2.78. The van der Waals surface area contributed by atoms with Crippen molar-refractivity contribution in [1.82, 2.24) is 4.90 Å². The summed E-state index contributed by atoms with van der Waals surface area (Å²) >= 11 is 3.31. The van der Waals surface area contributed by atoms with Crippen molar-refractivity contribution in [2.24, 2.45) is 0 Å². The van der Waals surface area contributed by atoms with Gasteiger partial charge in [-0.05, 0) is 35.9 Å². The molecule has 0 spiro atoms. The third kappa shape index (κ3) is 2.75. The van der Waals surface area contributed by atoms with Gasteiger partial charge in [0.25, 0.3) is 5.91 Å². The topological polar surface area (TPSA) is 66.8 Å². The van der Waals surface area contributed by atoms with E-state index in [2.05, 4.69) is 15.9 Å². The van der Waals surface area contributed by atoms with Crippen molar-refractivity contribution in [2.75, 3.05) is 7.11 Å². The minimum absolute atomic E-state index is 0.0120. The van der Waals surface area contributed by atoms with Crippen LogP contribution in [-0.4, -0.2) is 29.0 Å². The zero-order valence-electron chi connectivity index (χ0n) is 12.6. The minimum atomic E-state index is -1.23. The highest BCUT2D eigenvalue weighted by Crippen LogP contribution is 2.36. The van der Waals surface area contributed by atoms with E-state index in [0.29, 0.717) is 5.56 Å². The van der Waals surface area contributed by atoms with Crippen LogP contribution in [0.25, 0.3) is 0 Å². The second-order valence-electron chi connectivity index (χ2n) is 5.36. The Bertz CT molecular complexity index is 839. The van der Waals surface area contributed by atoms with Crippen molar-refractivity contribution in [3.63, 3.8) is 0 Å². The van der Waals surface area contributed by atoms with Crippen LogP contribution in [0.4, 0.5) is 4.39 Å². The number of hydrogen-bond donors (Lipinski definition) is 1. The molecule has 1 aliphatic heterocycles. The average Bonchev–Trinajstić information content (AvgIpc) is 2.87. The Kier molecular flexibility index (Phi) is 4.28. The van der Waals surface area contributed by atoms with E-state index in [1.54, 1.807) is 18.2 Å². The molecule has 0 saturated carbocycles. The lowest BCUT2D eigenvalue weighted by Crippen LogP contribution is -2.35. The Hall–Kier alpha value is -2.41. The summed E-state index contributed by atoms with van der Waals surface area (Å²) in [5.74, 6) is -2.04. The Morgan fingerprint density at radius 1 is 1.33 bits per heavy atom. The van der Waals surface area contributed by atoms with Gasteiger partial charge in [0.2, 0.25) is 0 Å². The van der Waals surface area contributed by atoms with Gasteiger partial charge >= 0.3 is 5.97 Å². The highest BCUT2D eigenvalue weighted by Gasteiger charge is 2.39. The second-order valence-corrected chi connectivity index (χ2v) is 6.28. The van der Waals surface area contributed by atoms with Gasteiger partial charge < -0.3 is 14.7 Å². The van der Waals surface area contributed by atoms with Gasteiger partial charge in [0, 0.05) is 22.1 Å². The van der Waals surface area contributed by atoms with Crippen LogP contribution in [0.5, 0.6) is 5.75 Å². The molecular weight excluding hydrogens is 381 g/mol. The Labute approximate surface area is 145 Å². The predicted octanol–water partition coefficient (Wildman–Crippen LogP) is 3.16. The van der Waals surface area contributed by atoms with E-state index in [9.17, 15) is 19.1 Å². The molecule has 0 radical (unpaired) electrons. The number of rotatable bonds is 3. The molecule has 1 amide bonds. The summed E-state index contributed by atoms with van der Waals surface area (Å²) in [7, 11) is 1.18. The molecule has 0 bridgehead atoms. The van der Waals surface area contributed by atoms with Gasteiger partial charge in [-0.3, -0.25) is 4.79 Å². The lowest BCUT2D eigenvalue weighted by atomic mass is 10.0. The van der Waals surface area contributed by atoms with Crippen LogP contribution in [-0.2, 0) is 16.1 Å². The molecule has 0 unspecified atom stereocenters. The van der Waals surface area contributed by atoms with E-state index in [0.717, 1.165) is 28.2 Å². The van der Waals surface area contributed by atoms with Crippen molar-refractivity contribution in [3.05, 3.63) is 63.4 Å². The molecule has 0 aliphatic carbocycles. The first kappa shape index (κ1) is 16.4. The summed E-state index contributed by atoms with van der Waals surface area (Å²) in [6.45, 7) is 0.164. The molecule has 124 valence electrons. The average molecular weight is 394 g/mol. The molecule has 24 heavy (non-hydrogen) atoms. The molecule has 1 N–H and O–H groups in total. The van der Waals surface area contributed by atoms with Crippen molar-refractivity contribution < 1.29 is 23.8 Å². The first-order chi connectivity index (χ1) is 11.4. The number of phenols is 1. The summed E-state index contributed by atoms with van der Waals surface area (Å²) in [6.07, 6.45) is 0. The molecule has 7 heteroatoms. The van der Waals surface area contributed by atoms with Crippen molar-refractivity contribution in [2.45, 2.75) is 12.6 Å². The molecule has 1 atom stereocenters. The zero-order valence-corrected chi connectivity index (χ0v) is 14.2. The summed E-state index contributed by atoms with van der Waals surface area (Å²) in [6, 6.07) is 7.25. The van der Waals surface area contributed by atoms with Gasteiger partial charge in [0.05, 0.1) is 7.11 Å². The normalized spacial score (nSPS) is 14.5. The number of phenolic OH excluding ortho intramolecular Hbond substituents is 1. The summed E-state index contributed by atoms with van der Waals surface area (Å²) in [5.41, 5.74) is 1.18. The van der Waals surface area contributed by atoms with Gasteiger partial charge in [-0.2, -0.15) is 0 Å². The molecule has 1 heterocycles. The van der Waals surface area contributed by atoms with E-state index < -0.39 is 17.8 Å². The summed E-state index contributed by atoms with van der Waals surface area (Å²) < 4.78 is 19.1. The molecule has 0 aromatic heterocycles. The summed E-state index contributed by atoms with van der Waals surface area (Å²) in [4.78, 5) is 26.2. The number of carbonyl (C=O) groups is 2. The highest BCUT2D eigenvalue weighted by atomic mass is 79.9. The quantitative estimate of drug-likeness (QED) is 0.813. The van der Waals surface area contributed by atoms with Crippen molar-refractivity contribution >= 4 is 27.8 Å².